The van der Waals surface area contributed by atoms with Crippen molar-refractivity contribution in [2.75, 3.05) is 6.54 Å². The van der Waals surface area contributed by atoms with Gasteiger partial charge in [-0.2, -0.15) is 0 Å². The Morgan fingerprint density at radius 3 is 2.48 bits per heavy atom. The lowest BCUT2D eigenvalue weighted by molar-refractivity contribution is 0.303. The zero-order valence-corrected chi connectivity index (χ0v) is 12.2. The topological polar surface area (TPSA) is 21.3 Å². The summed E-state index contributed by atoms with van der Waals surface area (Å²) >= 11 is 0. The lowest BCUT2D eigenvalue weighted by Gasteiger charge is -2.20. The van der Waals surface area contributed by atoms with Gasteiger partial charge < -0.3 is 10.1 Å². The fourth-order valence-electron chi connectivity index (χ4n) is 2.44. The van der Waals surface area contributed by atoms with Crippen LogP contribution >= 0.6 is 0 Å². The van der Waals surface area contributed by atoms with E-state index in [0.29, 0.717) is 11.7 Å². The maximum atomic E-state index is 14.0. The average molecular weight is 285 g/mol. The molecule has 1 unspecified atom stereocenters. The molecule has 2 nitrogen and oxygen atoms in total. The predicted molar refractivity (Wildman–Crippen MR) is 82.0 cm³/mol. The van der Waals surface area contributed by atoms with Crippen LogP contribution in [0.15, 0.2) is 48.5 Å². The Kier molecular flexibility index (Phi) is 4.20. The van der Waals surface area contributed by atoms with Crippen LogP contribution < -0.4 is 10.1 Å². The van der Waals surface area contributed by atoms with Crippen molar-refractivity contribution >= 4 is 0 Å². The van der Waals surface area contributed by atoms with Gasteiger partial charge in [0, 0.05) is 5.56 Å². The molecule has 0 spiro atoms. The molecule has 110 valence electrons. The summed E-state index contributed by atoms with van der Waals surface area (Å²) < 4.78 is 19.8. The van der Waals surface area contributed by atoms with Crippen molar-refractivity contribution in [3.8, 4) is 5.75 Å². The highest BCUT2D eigenvalue weighted by molar-refractivity contribution is 5.36. The van der Waals surface area contributed by atoms with Gasteiger partial charge in [-0.1, -0.05) is 37.3 Å². The number of ether oxygens (including phenoxy) is 1. The molecule has 3 rings (SSSR count). The SMILES string of the molecule is CCNC(c1ccc(OC2CC2)cc1)c1ccccc1F. The highest BCUT2D eigenvalue weighted by Crippen LogP contribution is 2.29. The van der Waals surface area contributed by atoms with Gasteiger partial charge in [0.1, 0.15) is 11.6 Å². The van der Waals surface area contributed by atoms with Gasteiger partial charge >= 0.3 is 0 Å². The standard InChI is InChI=1S/C18H20FNO/c1-2-20-18(16-5-3-4-6-17(16)19)13-7-9-14(10-8-13)21-15-11-12-15/h3-10,15,18,20H,2,11-12H2,1H3. The van der Waals surface area contributed by atoms with Crippen molar-refractivity contribution in [2.45, 2.75) is 31.9 Å². The van der Waals surface area contributed by atoms with Gasteiger partial charge in [0.25, 0.3) is 0 Å². The molecule has 1 N–H and O–H groups in total. The van der Waals surface area contributed by atoms with Crippen molar-refractivity contribution < 1.29 is 9.13 Å². The Bertz CT molecular complexity index is 592. The molecule has 21 heavy (non-hydrogen) atoms. The summed E-state index contributed by atoms with van der Waals surface area (Å²) in [6.07, 6.45) is 2.69. The van der Waals surface area contributed by atoms with E-state index in [1.807, 2.05) is 43.3 Å². The predicted octanol–water partition coefficient (Wildman–Crippen LogP) is 4.07. The van der Waals surface area contributed by atoms with Gasteiger partial charge in [-0.3, -0.25) is 0 Å². The van der Waals surface area contributed by atoms with E-state index in [4.69, 9.17) is 4.74 Å². The third-order valence-electron chi connectivity index (χ3n) is 3.67. The minimum Gasteiger partial charge on any atom is -0.490 e. The molecule has 1 aliphatic rings. The first-order valence-corrected chi connectivity index (χ1v) is 7.52. The number of hydrogen-bond acceptors (Lipinski definition) is 2. The van der Waals surface area contributed by atoms with Crippen LogP contribution in [0.2, 0.25) is 0 Å². The minimum absolute atomic E-state index is 0.133. The quantitative estimate of drug-likeness (QED) is 0.864. The zero-order valence-electron chi connectivity index (χ0n) is 12.2. The number of rotatable bonds is 6. The molecular formula is C18H20FNO. The van der Waals surface area contributed by atoms with Crippen LogP contribution in [0.3, 0.4) is 0 Å². The number of nitrogens with one attached hydrogen (secondary N) is 1. The van der Waals surface area contributed by atoms with Gasteiger partial charge in [0.05, 0.1) is 12.1 Å². The second-order valence-corrected chi connectivity index (χ2v) is 5.40. The summed E-state index contributed by atoms with van der Waals surface area (Å²) in [6, 6.07) is 14.8. The second-order valence-electron chi connectivity index (χ2n) is 5.40. The Balaban J connectivity index is 1.84. The van der Waals surface area contributed by atoms with Crippen LogP contribution in [0.1, 0.15) is 36.9 Å². The van der Waals surface area contributed by atoms with E-state index < -0.39 is 0 Å². The lowest BCUT2D eigenvalue weighted by atomic mass is 9.98. The molecule has 0 bridgehead atoms. The summed E-state index contributed by atoms with van der Waals surface area (Å²) in [6.45, 7) is 2.80. The Morgan fingerprint density at radius 1 is 1.14 bits per heavy atom. The number of hydrogen-bond donors (Lipinski definition) is 1. The maximum Gasteiger partial charge on any atom is 0.128 e. The van der Waals surface area contributed by atoms with E-state index in [-0.39, 0.29) is 11.9 Å². The summed E-state index contributed by atoms with van der Waals surface area (Å²) in [7, 11) is 0. The Hall–Kier alpha value is -1.87. The molecule has 0 aromatic heterocycles. The molecule has 0 saturated heterocycles. The van der Waals surface area contributed by atoms with Crippen molar-refractivity contribution in [3.05, 3.63) is 65.5 Å². The smallest absolute Gasteiger partial charge is 0.128 e. The summed E-state index contributed by atoms with van der Waals surface area (Å²) in [5.74, 6) is 0.715. The molecule has 0 radical (unpaired) electrons. The average Bonchev–Trinajstić information content (AvgIpc) is 3.31. The largest absolute Gasteiger partial charge is 0.490 e. The summed E-state index contributed by atoms with van der Waals surface area (Å²) in [5.41, 5.74) is 1.72. The third kappa shape index (κ3) is 3.42. The van der Waals surface area contributed by atoms with E-state index >= 15 is 0 Å². The third-order valence-corrected chi connectivity index (χ3v) is 3.67. The van der Waals surface area contributed by atoms with Crippen LogP contribution in [0.5, 0.6) is 5.75 Å². The maximum absolute atomic E-state index is 14.0. The highest BCUT2D eigenvalue weighted by atomic mass is 19.1. The molecule has 1 aliphatic carbocycles. The van der Waals surface area contributed by atoms with Crippen LogP contribution in [0, 0.1) is 5.82 Å². The second kappa shape index (κ2) is 6.27. The molecule has 0 heterocycles. The monoisotopic (exact) mass is 285 g/mol. The zero-order chi connectivity index (χ0) is 14.7. The Morgan fingerprint density at radius 2 is 1.86 bits per heavy atom. The van der Waals surface area contributed by atoms with Crippen molar-refractivity contribution in [1.29, 1.82) is 0 Å². The first-order chi connectivity index (χ1) is 10.3. The van der Waals surface area contributed by atoms with Crippen LogP contribution in [0.25, 0.3) is 0 Å². The first kappa shape index (κ1) is 14.1. The molecule has 1 saturated carbocycles. The van der Waals surface area contributed by atoms with Gasteiger partial charge in [-0.05, 0) is 43.1 Å². The van der Waals surface area contributed by atoms with Crippen LogP contribution in [-0.2, 0) is 0 Å². The number of halogens is 1. The molecule has 3 heteroatoms. The minimum atomic E-state index is -0.179. The Labute approximate surface area is 125 Å². The fourth-order valence-corrected chi connectivity index (χ4v) is 2.44. The molecule has 0 amide bonds. The first-order valence-electron chi connectivity index (χ1n) is 7.52. The molecular weight excluding hydrogens is 265 g/mol. The lowest BCUT2D eigenvalue weighted by Crippen LogP contribution is -2.22. The van der Waals surface area contributed by atoms with Gasteiger partial charge in [-0.15, -0.1) is 0 Å². The molecule has 2 aromatic rings. The molecule has 1 atom stereocenters. The molecule has 2 aromatic carbocycles. The molecule has 1 fully saturated rings. The van der Waals surface area contributed by atoms with Gasteiger partial charge in [0.2, 0.25) is 0 Å². The van der Waals surface area contributed by atoms with E-state index in [0.717, 1.165) is 30.7 Å². The van der Waals surface area contributed by atoms with E-state index in [9.17, 15) is 4.39 Å². The van der Waals surface area contributed by atoms with Gasteiger partial charge in [0.15, 0.2) is 0 Å². The normalized spacial score (nSPS) is 15.7. The highest BCUT2D eigenvalue weighted by Gasteiger charge is 2.23. The molecule has 0 aliphatic heterocycles. The van der Waals surface area contributed by atoms with Crippen LogP contribution in [0.4, 0.5) is 4.39 Å². The van der Waals surface area contributed by atoms with E-state index in [1.54, 1.807) is 6.07 Å². The summed E-state index contributed by atoms with van der Waals surface area (Å²) in [5, 5.41) is 3.35. The van der Waals surface area contributed by atoms with Crippen molar-refractivity contribution in [3.63, 3.8) is 0 Å². The van der Waals surface area contributed by atoms with Crippen molar-refractivity contribution in [1.82, 2.24) is 5.32 Å². The van der Waals surface area contributed by atoms with Crippen molar-refractivity contribution in [2.24, 2.45) is 0 Å². The van der Waals surface area contributed by atoms with E-state index in [1.165, 1.54) is 6.07 Å². The van der Waals surface area contributed by atoms with E-state index in [2.05, 4.69) is 5.32 Å². The summed E-state index contributed by atoms with van der Waals surface area (Å²) in [4.78, 5) is 0. The van der Waals surface area contributed by atoms with Crippen LogP contribution in [-0.4, -0.2) is 12.6 Å². The van der Waals surface area contributed by atoms with Gasteiger partial charge in [-0.25, -0.2) is 4.39 Å². The number of benzene rings is 2. The fraction of sp³-hybridized carbons (Fsp3) is 0.333.